The minimum atomic E-state index is -0.400. The van der Waals surface area contributed by atoms with Crippen LogP contribution in [0.2, 0.25) is 0 Å². The van der Waals surface area contributed by atoms with Crippen molar-refractivity contribution in [3.63, 3.8) is 0 Å². The highest BCUT2D eigenvalue weighted by molar-refractivity contribution is 14.1. The van der Waals surface area contributed by atoms with Gasteiger partial charge in [-0.3, -0.25) is 0 Å². The number of halogens is 1. The van der Waals surface area contributed by atoms with Crippen molar-refractivity contribution in [1.29, 1.82) is 0 Å². The summed E-state index contributed by atoms with van der Waals surface area (Å²) in [7, 11) is 0. The lowest BCUT2D eigenvalue weighted by Crippen LogP contribution is -2.26. The molecule has 0 unspecified atom stereocenters. The zero-order chi connectivity index (χ0) is 20.5. The van der Waals surface area contributed by atoms with Gasteiger partial charge in [-0.2, -0.15) is 0 Å². The molecule has 0 bridgehead atoms. The van der Waals surface area contributed by atoms with Crippen molar-refractivity contribution in [2.45, 2.75) is 31.2 Å². The molecule has 5 heteroatoms. The zero-order valence-corrected chi connectivity index (χ0v) is 19.4. The van der Waals surface area contributed by atoms with Gasteiger partial charge in [0.1, 0.15) is 6.61 Å². The molecule has 0 atom stereocenters. The van der Waals surface area contributed by atoms with Gasteiger partial charge in [-0.1, -0.05) is 48.5 Å². The maximum atomic E-state index is 12.4. The van der Waals surface area contributed by atoms with Gasteiger partial charge in [-0.15, -0.1) is 12.6 Å². The number of amides is 1. The summed E-state index contributed by atoms with van der Waals surface area (Å²) in [6.07, 6.45) is -0.400. The van der Waals surface area contributed by atoms with E-state index in [1.165, 1.54) is 31.4 Å². The predicted molar refractivity (Wildman–Crippen MR) is 128 cm³/mol. The van der Waals surface area contributed by atoms with E-state index in [2.05, 4.69) is 78.6 Å². The van der Waals surface area contributed by atoms with E-state index in [0.717, 1.165) is 16.0 Å². The van der Waals surface area contributed by atoms with Crippen molar-refractivity contribution in [2.75, 3.05) is 6.61 Å². The second kappa shape index (κ2) is 8.40. The Morgan fingerprint density at radius 2 is 1.62 bits per heavy atom. The van der Waals surface area contributed by atoms with E-state index in [1.807, 2.05) is 30.3 Å². The Labute approximate surface area is 190 Å². The highest BCUT2D eigenvalue weighted by atomic mass is 127. The summed E-state index contributed by atoms with van der Waals surface area (Å²) in [6.45, 7) is 4.87. The minimum Gasteiger partial charge on any atom is -0.449 e. The first-order valence-corrected chi connectivity index (χ1v) is 11.1. The molecule has 29 heavy (non-hydrogen) atoms. The van der Waals surface area contributed by atoms with Gasteiger partial charge in [0.15, 0.2) is 0 Å². The number of fused-ring (bicyclic) bond motifs is 3. The number of alkyl carbamates (subject to hydrolysis) is 1. The van der Waals surface area contributed by atoms with Gasteiger partial charge in [0.2, 0.25) is 0 Å². The number of benzene rings is 3. The number of hydrogen-bond acceptors (Lipinski definition) is 3. The fourth-order valence-electron chi connectivity index (χ4n) is 3.92. The Morgan fingerprint density at radius 1 is 1.03 bits per heavy atom. The highest BCUT2D eigenvalue weighted by Gasteiger charge is 2.28. The van der Waals surface area contributed by atoms with Gasteiger partial charge >= 0.3 is 6.09 Å². The summed E-state index contributed by atoms with van der Waals surface area (Å²) in [5.41, 5.74) is 8.26. The molecule has 0 aliphatic heterocycles. The van der Waals surface area contributed by atoms with Crippen LogP contribution in [0, 0.1) is 17.4 Å². The van der Waals surface area contributed by atoms with E-state index in [0.29, 0.717) is 13.2 Å². The SMILES string of the molecule is Cc1c(S)cc(CNC(=O)OCC2c3ccccc3-c3ccccc32)c(C)c1I. The van der Waals surface area contributed by atoms with Crippen LogP contribution < -0.4 is 5.32 Å². The van der Waals surface area contributed by atoms with Crippen molar-refractivity contribution in [3.05, 3.63) is 86.0 Å². The first-order valence-electron chi connectivity index (χ1n) is 9.53. The second-order valence-electron chi connectivity index (χ2n) is 7.30. The normalized spacial score (nSPS) is 12.4. The summed E-state index contributed by atoms with van der Waals surface area (Å²) >= 11 is 6.86. The lowest BCUT2D eigenvalue weighted by Gasteiger charge is -2.16. The molecule has 0 fully saturated rings. The van der Waals surface area contributed by atoms with E-state index in [4.69, 9.17) is 4.74 Å². The van der Waals surface area contributed by atoms with E-state index < -0.39 is 6.09 Å². The summed E-state index contributed by atoms with van der Waals surface area (Å²) in [6, 6.07) is 18.7. The largest absolute Gasteiger partial charge is 0.449 e. The topological polar surface area (TPSA) is 38.3 Å². The summed E-state index contributed by atoms with van der Waals surface area (Å²) < 4.78 is 6.79. The van der Waals surface area contributed by atoms with Crippen molar-refractivity contribution in [1.82, 2.24) is 5.32 Å². The van der Waals surface area contributed by atoms with Crippen molar-refractivity contribution >= 4 is 41.3 Å². The van der Waals surface area contributed by atoms with Crippen LogP contribution in [0.3, 0.4) is 0 Å². The summed E-state index contributed by atoms with van der Waals surface area (Å²) in [4.78, 5) is 13.3. The van der Waals surface area contributed by atoms with E-state index >= 15 is 0 Å². The third-order valence-electron chi connectivity index (χ3n) is 5.60. The third kappa shape index (κ3) is 3.90. The minimum absolute atomic E-state index is 0.0688. The lowest BCUT2D eigenvalue weighted by molar-refractivity contribution is 0.142. The standard InChI is InChI=1S/C24H22INO2S/c1-14-16(11-22(29)15(2)23(14)25)12-26-24(27)28-13-21-19-9-5-3-7-17(19)18-8-4-6-10-20(18)21/h3-11,21,29H,12-13H2,1-2H3,(H,26,27). The molecular formula is C24H22INO2S. The maximum Gasteiger partial charge on any atom is 0.407 e. The van der Waals surface area contributed by atoms with Crippen molar-refractivity contribution in [2.24, 2.45) is 0 Å². The van der Waals surface area contributed by atoms with Gasteiger partial charge in [0, 0.05) is 20.9 Å². The van der Waals surface area contributed by atoms with Crippen molar-refractivity contribution < 1.29 is 9.53 Å². The first-order chi connectivity index (χ1) is 14.0. The molecule has 0 heterocycles. The molecule has 0 aromatic heterocycles. The number of carbonyl (C=O) groups is 1. The molecule has 0 saturated heterocycles. The Bertz CT molecular complexity index is 1050. The zero-order valence-electron chi connectivity index (χ0n) is 16.3. The Kier molecular flexibility index (Phi) is 5.88. The van der Waals surface area contributed by atoms with E-state index in [9.17, 15) is 4.79 Å². The number of rotatable bonds is 4. The van der Waals surface area contributed by atoms with Crippen molar-refractivity contribution in [3.8, 4) is 11.1 Å². The van der Waals surface area contributed by atoms with Gasteiger partial charge in [0.05, 0.1) is 0 Å². The number of thiol groups is 1. The van der Waals surface area contributed by atoms with Crippen LogP contribution in [0.15, 0.2) is 59.5 Å². The van der Waals surface area contributed by atoms with Gasteiger partial charge in [-0.05, 0) is 81.4 Å². The Morgan fingerprint density at radius 3 is 2.24 bits per heavy atom. The molecule has 3 nitrogen and oxygen atoms in total. The smallest absolute Gasteiger partial charge is 0.407 e. The number of carbonyl (C=O) groups excluding carboxylic acids is 1. The number of hydrogen-bond donors (Lipinski definition) is 2. The van der Waals surface area contributed by atoms with Gasteiger partial charge in [0.25, 0.3) is 0 Å². The molecule has 3 aromatic rings. The third-order valence-corrected chi connectivity index (χ3v) is 7.68. The fraction of sp³-hybridized carbons (Fsp3) is 0.208. The molecule has 1 amide bonds. The second-order valence-corrected chi connectivity index (χ2v) is 8.86. The van der Waals surface area contributed by atoms with Crippen LogP contribution in [-0.2, 0) is 11.3 Å². The quantitative estimate of drug-likeness (QED) is 0.319. The molecule has 1 aliphatic carbocycles. The predicted octanol–water partition coefficient (Wildman–Crippen LogP) is 6.24. The first kappa shape index (κ1) is 20.3. The van der Waals surface area contributed by atoms with Crippen LogP contribution in [0.1, 0.15) is 33.7 Å². The van der Waals surface area contributed by atoms with Crippen LogP contribution in [-0.4, -0.2) is 12.7 Å². The molecule has 0 radical (unpaired) electrons. The average molecular weight is 515 g/mol. The van der Waals surface area contributed by atoms with Crippen LogP contribution in [0.5, 0.6) is 0 Å². The van der Waals surface area contributed by atoms with Gasteiger partial charge in [-0.25, -0.2) is 4.79 Å². The maximum absolute atomic E-state index is 12.4. The monoisotopic (exact) mass is 515 g/mol. The average Bonchev–Trinajstić information content (AvgIpc) is 3.06. The summed E-state index contributed by atoms with van der Waals surface area (Å²) in [5.74, 6) is 0.0688. The van der Waals surface area contributed by atoms with E-state index in [1.54, 1.807) is 0 Å². The van der Waals surface area contributed by atoms with Crippen LogP contribution >= 0.6 is 35.2 Å². The van der Waals surface area contributed by atoms with Gasteiger partial charge < -0.3 is 10.1 Å². The molecule has 3 aromatic carbocycles. The number of ether oxygens (including phenoxy) is 1. The Balaban J connectivity index is 1.43. The molecular weight excluding hydrogens is 493 g/mol. The van der Waals surface area contributed by atoms with E-state index in [-0.39, 0.29) is 5.92 Å². The lowest BCUT2D eigenvalue weighted by atomic mass is 9.98. The molecule has 1 N–H and O–H groups in total. The molecule has 0 spiro atoms. The molecule has 1 aliphatic rings. The molecule has 4 rings (SSSR count). The molecule has 0 saturated carbocycles. The summed E-state index contributed by atoms with van der Waals surface area (Å²) in [5, 5.41) is 2.89. The van der Waals surface area contributed by atoms with Crippen LogP contribution in [0.25, 0.3) is 11.1 Å². The van der Waals surface area contributed by atoms with Crippen LogP contribution in [0.4, 0.5) is 4.79 Å². The highest BCUT2D eigenvalue weighted by Crippen LogP contribution is 2.44. The number of nitrogens with one attached hydrogen (secondary N) is 1. The fourth-order valence-corrected chi connectivity index (χ4v) is 5.03. The molecule has 148 valence electrons. The Hall–Kier alpha value is -1.99.